The second-order valence-corrected chi connectivity index (χ2v) is 4.86. The Morgan fingerprint density at radius 3 is 2.74 bits per heavy atom. The van der Waals surface area contributed by atoms with Crippen LogP contribution in [0.25, 0.3) is 10.9 Å². The molecule has 0 radical (unpaired) electrons. The summed E-state index contributed by atoms with van der Waals surface area (Å²) in [6, 6.07) is 6.96. The van der Waals surface area contributed by atoms with Crippen molar-refractivity contribution in [2.24, 2.45) is 0 Å². The predicted octanol–water partition coefficient (Wildman–Crippen LogP) is 0.713. The van der Waals surface area contributed by atoms with Crippen LogP contribution in [0, 0.1) is 0 Å². The number of aromatic amines is 1. The van der Waals surface area contributed by atoms with E-state index in [1.165, 1.54) is 0 Å². The molecule has 0 unspecified atom stereocenters. The highest BCUT2D eigenvalue weighted by atomic mass is 16.2. The molecule has 5 nitrogen and oxygen atoms in total. The standard InChI is InChI=1S/C14H15N3O2/c1-8-13(18)17-12(14(19)16-8)6-9-7-15-11-5-3-2-4-10(9)11/h2-5,7-8,12,15H,6H2,1H3,(H,16,19)(H,17,18)/t8-,12-/m1/s1. The zero-order valence-electron chi connectivity index (χ0n) is 10.6. The zero-order chi connectivity index (χ0) is 13.4. The Kier molecular flexibility index (Phi) is 2.74. The van der Waals surface area contributed by atoms with E-state index in [1.807, 2.05) is 30.5 Å². The number of benzene rings is 1. The molecule has 98 valence electrons. The van der Waals surface area contributed by atoms with Crippen molar-refractivity contribution in [1.29, 1.82) is 0 Å². The van der Waals surface area contributed by atoms with Crippen LogP contribution >= 0.6 is 0 Å². The van der Waals surface area contributed by atoms with Gasteiger partial charge in [0.2, 0.25) is 11.8 Å². The third kappa shape index (κ3) is 2.07. The lowest BCUT2D eigenvalue weighted by Crippen LogP contribution is -2.61. The van der Waals surface area contributed by atoms with E-state index in [0.717, 1.165) is 16.5 Å². The highest BCUT2D eigenvalue weighted by molar-refractivity contribution is 5.97. The first-order chi connectivity index (χ1) is 9.15. The molecule has 1 saturated heterocycles. The van der Waals surface area contributed by atoms with E-state index >= 15 is 0 Å². The average molecular weight is 257 g/mol. The third-order valence-corrected chi connectivity index (χ3v) is 3.48. The Balaban J connectivity index is 1.85. The predicted molar refractivity (Wildman–Crippen MR) is 71.5 cm³/mol. The van der Waals surface area contributed by atoms with Crippen LogP contribution in [0.4, 0.5) is 0 Å². The van der Waals surface area contributed by atoms with Crippen molar-refractivity contribution in [3.63, 3.8) is 0 Å². The Hall–Kier alpha value is -2.30. The summed E-state index contributed by atoms with van der Waals surface area (Å²) in [4.78, 5) is 26.7. The molecule has 1 aromatic carbocycles. The molecule has 3 rings (SSSR count). The normalized spacial score (nSPS) is 23.2. The topological polar surface area (TPSA) is 74.0 Å². The Labute approximate surface area is 110 Å². The first kappa shape index (κ1) is 11.8. The maximum absolute atomic E-state index is 11.9. The van der Waals surface area contributed by atoms with Crippen molar-refractivity contribution in [2.45, 2.75) is 25.4 Å². The van der Waals surface area contributed by atoms with Gasteiger partial charge in [-0.1, -0.05) is 18.2 Å². The van der Waals surface area contributed by atoms with Crippen LogP contribution in [-0.2, 0) is 16.0 Å². The summed E-state index contributed by atoms with van der Waals surface area (Å²) < 4.78 is 0. The summed E-state index contributed by atoms with van der Waals surface area (Å²) >= 11 is 0. The fraction of sp³-hybridized carbons (Fsp3) is 0.286. The van der Waals surface area contributed by atoms with Gasteiger partial charge < -0.3 is 15.6 Å². The molecule has 0 bridgehead atoms. The molecule has 1 fully saturated rings. The van der Waals surface area contributed by atoms with E-state index in [1.54, 1.807) is 6.92 Å². The van der Waals surface area contributed by atoms with E-state index in [4.69, 9.17) is 0 Å². The molecule has 5 heteroatoms. The van der Waals surface area contributed by atoms with E-state index < -0.39 is 12.1 Å². The quantitative estimate of drug-likeness (QED) is 0.741. The molecule has 2 aromatic rings. The molecule has 0 saturated carbocycles. The second kappa shape index (κ2) is 4.42. The number of H-pyrrole nitrogens is 1. The first-order valence-electron chi connectivity index (χ1n) is 6.31. The molecular weight excluding hydrogens is 242 g/mol. The summed E-state index contributed by atoms with van der Waals surface area (Å²) in [5.41, 5.74) is 2.07. The lowest BCUT2D eigenvalue weighted by molar-refractivity contribution is -0.136. The number of hydrogen-bond acceptors (Lipinski definition) is 2. The smallest absolute Gasteiger partial charge is 0.243 e. The minimum atomic E-state index is -0.497. The van der Waals surface area contributed by atoms with Gasteiger partial charge >= 0.3 is 0 Å². The molecule has 1 aromatic heterocycles. The second-order valence-electron chi connectivity index (χ2n) is 4.86. The van der Waals surface area contributed by atoms with Gasteiger partial charge in [0.05, 0.1) is 0 Å². The number of rotatable bonds is 2. The number of aromatic nitrogens is 1. The fourth-order valence-electron chi connectivity index (χ4n) is 2.41. The SMILES string of the molecule is C[C@H]1NC(=O)[C@@H](Cc2c[nH]c3ccccc23)NC1=O. The third-order valence-electron chi connectivity index (χ3n) is 3.48. The lowest BCUT2D eigenvalue weighted by atomic mass is 10.0. The van der Waals surface area contributed by atoms with Crippen LogP contribution in [0.3, 0.4) is 0 Å². The molecule has 2 atom stereocenters. The van der Waals surface area contributed by atoms with Gasteiger partial charge in [0.25, 0.3) is 0 Å². The van der Waals surface area contributed by atoms with Gasteiger partial charge in [-0.3, -0.25) is 9.59 Å². The Morgan fingerprint density at radius 1 is 1.11 bits per heavy atom. The molecule has 19 heavy (non-hydrogen) atoms. The van der Waals surface area contributed by atoms with Gasteiger partial charge in [-0.25, -0.2) is 0 Å². The van der Waals surface area contributed by atoms with Crippen LogP contribution in [0.1, 0.15) is 12.5 Å². The van der Waals surface area contributed by atoms with Crippen LogP contribution in [0.2, 0.25) is 0 Å². The van der Waals surface area contributed by atoms with Crippen LogP contribution in [0.15, 0.2) is 30.5 Å². The molecule has 1 aliphatic heterocycles. The summed E-state index contributed by atoms with van der Waals surface area (Å²) in [5, 5.41) is 6.52. The van der Waals surface area contributed by atoms with Gasteiger partial charge in [0, 0.05) is 23.5 Å². The number of para-hydroxylation sites is 1. The summed E-state index contributed by atoms with van der Waals surface area (Å²) in [6.45, 7) is 1.68. The Bertz CT molecular complexity index is 647. The molecular formula is C14H15N3O2. The highest BCUT2D eigenvalue weighted by Crippen LogP contribution is 2.19. The average Bonchev–Trinajstić information content (AvgIpc) is 2.80. The van der Waals surface area contributed by atoms with Crippen molar-refractivity contribution in [1.82, 2.24) is 15.6 Å². The molecule has 0 spiro atoms. The summed E-state index contributed by atoms with van der Waals surface area (Å²) in [6.07, 6.45) is 2.39. The molecule has 3 N–H and O–H groups in total. The monoisotopic (exact) mass is 257 g/mol. The van der Waals surface area contributed by atoms with E-state index in [2.05, 4.69) is 15.6 Å². The molecule has 2 heterocycles. The highest BCUT2D eigenvalue weighted by Gasteiger charge is 2.31. The van der Waals surface area contributed by atoms with E-state index in [0.29, 0.717) is 6.42 Å². The number of piperazine rings is 1. The fourth-order valence-corrected chi connectivity index (χ4v) is 2.41. The van der Waals surface area contributed by atoms with Gasteiger partial charge in [-0.2, -0.15) is 0 Å². The van der Waals surface area contributed by atoms with E-state index in [9.17, 15) is 9.59 Å². The Morgan fingerprint density at radius 2 is 1.89 bits per heavy atom. The lowest BCUT2D eigenvalue weighted by Gasteiger charge is -2.27. The van der Waals surface area contributed by atoms with Gasteiger partial charge in [-0.05, 0) is 18.6 Å². The number of carbonyl (C=O) groups is 2. The molecule has 0 aliphatic carbocycles. The number of hydrogen-bond donors (Lipinski definition) is 3. The molecule has 2 amide bonds. The van der Waals surface area contributed by atoms with Gasteiger partial charge in [-0.15, -0.1) is 0 Å². The minimum Gasteiger partial charge on any atom is -0.361 e. The van der Waals surface area contributed by atoms with E-state index in [-0.39, 0.29) is 11.8 Å². The van der Waals surface area contributed by atoms with Gasteiger partial charge in [0.1, 0.15) is 12.1 Å². The van der Waals surface area contributed by atoms with Crippen molar-refractivity contribution in [3.05, 3.63) is 36.0 Å². The van der Waals surface area contributed by atoms with Crippen LogP contribution < -0.4 is 10.6 Å². The zero-order valence-corrected chi connectivity index (χ0v) is 10.6. The number of fused-ring (bicyclic) bond motifs is 1. The minimum absolute atomic E-state index is 0.127. The molecule has 1 aliphatic rings. The number of nitrogens with one attached hydrogen (secondary N) is 3. The maximum Gasteiger partial charge on any atom is 0.243 e. The first-order valence-corrected chi connectivity index (χ1v) is 6.31. The number of carbonyl (C=O) groups excluding carboxylic acids is 2. The number of amides is 2. The van der Waals surface area contributed by atoms with Crippen LogP contribution in [-0.4, -0.2) is 28.9 Å². The van der Waals surface area contributed by atoms with Crippen molar-refractivity contribution < 1.29 is 9.59 Å². The summed E-state index contributed by atoms with van der Waals surface area (Å²) in [7, 11) is 0. The maximum atomic E-state index is 11.9. The van der Waals surface area contributed by atoms with Crippen molar-refractivity contribution in [2.75, 3.05) is 0 Å². The summed E-state index contributed by atoms with van der Waals surface area (Å²) in [5.74, 6) is -0.262. The largest absolute Gasteiger partial charge is 0.361 e. The van der Waals surface area contributed by atoms with Crippen LogP contribution in [0.5, 0.6) is 0 Å². The van der Waals surface area contributed by atoms with Crippen molar-refractivity contribution in [3.8, 4) is 0 Å². The van der Waals surface area contributed by atoms with Crippen molar-refractivity contribution >= 4 is 22.7 Å². The van der Waals surface area contributed by atoms with Gasteiger partial charge in [0.15, 0.2) is 0 Å².